The van der Waals surface area contributed by atoms with Gasteiger partial charge in [0.05, 0.1) is 5.71 Å². The lowest BCUT2D eigenvalue weighted by atomic mass is 10.3. The third kappa shape index (κ3) is 2.79. The summed E-state index contributed by atoms with van der Waals surface area (Å²) in [5, 5.41) is 7.07. The van der Waals surface area contributed by atoms with E-state index in [0.29, 0.717) is 0 Å². The molecule has 1 N–H and O–H groups in total. The van der Waals surface area contributed by atoms with Crippen molar-refractivity contribution in [3.8, 4) is 0 Å². The van der Waals surface area contributed by atoms with E-state index in [0.717, 1.165) is 38.3 Å². The summed E-state index contributed by atoms with van der Waals surface area (Å²) in [4.78, 5) is 7.09. The number of hydrogen-bond donors (Lipinski definition) is 1. The highest BCUT2D eigenvalue weighted by Crippen LogP contribution is 2.04. The zero-order valence-corrected chi connectivity index (χ0v) is 7.84. The van der Waals surface area contributed by atoms with Crippen molar-refractivity contribution >= 4 is 5.71 Å². The number of nitrogens with one attached hydrogen (secondary N) is 1. The molecule has 1 rings (SSSR count). The molecule has 1 aliphatic heterocycles. The monoisotopic (exact) mass is 171 g/mol. The predicted molar refractivity (Wildman–Crippen MR) is 49.4 cm³/mol. The lowest BCUT2D eigenvalue weighted by molar-refractivity contribution is 0.212. The second kappa shape index (κ2) is 5.11. The lowest BCUT2D eigenvalue weighted by Crippen LogP contribution is -2.28. The van der Waals surface area contributed by atoms with Gasteiger partial charge in [0.1, 0.15) is 7.11 Å². The molecule has 0 aliphatic carbocycles. The first-order valence-electron chi connectivity index (χ1n) is 4.32. The Bertz CT molecular complexity index is 158. The van der Waals surface area contributed by atoms with E-state index in [-0.39, 0.29) is 0 Å². The molecular formula is C8H17N3O. The molecule has 0 radical (unpaired) electrons. The number of hydrogen-bond acceptors (Lipinski definition) is 4. The van der Waals surface area contributed by atoms with Crippen LogP contribution in [0, 0.1) is 0 Å². The van der Waals surface area contributed by atoms with Gasteiger partial charge in [0, 0.05) is 32.6 Å². The van der Waals surface area contributed by atoms with Gasteiger partial charge >= 0.3 is 0 Å². The molecule has 0 aromatic heterocycles. The minimum absolute atomic E-state index is 0.968. The number of rotatable bonds is 4. The van der Waals surface area contributed by atoms with E-state index < -0.39 is 0 Å². The molecule has 0 saturated carbocycles. The van der Waals surface area contributed by atoms with Gasteiger partial charge in [0.15, 0.2) is 0 Å². The first-order valence-corrected chi connectivity index (χ1v) is 4.32. The molecule has 4 nitrogen and oxygen atoms in total. The molecule has 0 atom stereocenters. The SMILES string of the molecule is CNCCN1CC/C(=N/OC)C1. The summed E-state index contributed by atoms with van der Waals surface area (Å²) in [5.74, 6) is 0. The topological polar surface area (TPSA) is 36.9 Å². The van der Waals surface area contributed by atoms with Gasteiger partial charge in [0.2, 0.25) is 0 Å². The number of likely N-dealkylation sites (N-methyl/N-ethyl adjacent to an activating group) is 1. The van der Waals surface area contributed by atoms with Gasteiger partial charge in [-0.2, -0.15) is 0 Å². The maximum atomic E-state index is 4.72. The normalized spacial score (nSPS) is 22.0. The summed E-state index contributed by atoms with van der Waals surface area (Å²) < 4.78 is 0. The van der Waals surface area contributed by atoms with E-state index >= 15 is 0 Å². The molecule has 0 aromatic rings. The third-order valence-electron chi connectivity index (χ3n) is 2.02. The van der Waals surface area contributed by atoms with Crippen molar-refractivity contribution in [2.45, 2.75) is 6.42 Å². The predicted octanol–water partition coefficient (Wildman–Crippen LogP) is -0.0861. The molecule has 0 spiro atoms. The second-order valence-corrected chi connectivity index (χ2v) is 2.97. The third-order valence-corrected chi connectivity index (χ3v) is 2.02. The smallest absolute Gasteiger partial charge is 0.106 e. The highest BCUT2D eigenvalue weighted by atomic mass is 16.6. The fourth-order valence-corrected chi connectivity index (χ4v) is 1.37. The molecular weight excluding hydrogens is 154 g/mol. The zero-order valence-electron chi connectivity index (χ0n) is 7.84. The average Bonchev–Trinajstić information content (AvgIpc) is 2.50. The molecule has 1 saturated heterocycles. The molecule has 1 aliphatic rings. The van der Waals surface area contributed by atoms with Crippen LogP contribution in [0.5, 0.6) is 0 Å². The van der Waals surface area contributed by atoms with Crippen molar-refractivity contribution in [2.24, 2.45) is 5.16 Å². The molecule has 12 heavy (non-hydrogen) atoms. The minimum Gasteiger partial charge on any atom is -0.399 e. The van der Waals surface area contributed by atoms with Crippen LogP contribution in [0.3, 0.4) is 0 Å². The van der Waals surface area contributed by atoms with Gasteiger partial charge in [-0.15, -0.1) is 0 Å². The Hall–Kier alpha value is -0.610. The standard InChI is InChI=1S/C8H17N3O/c1-9-4-6-11-5-3-8(7-11)10-12-2/h9H,3-7H2,1-2H3/b10-8-. The van der Waals surface area contributed by atoms with Crippen LogP contribution in [0.1, 0.15) is 6.42 Å². The van der Waals surface area contributed by atoms with Crippen LogP contribution in [0.4, 0.5) is 0 Å². The van der Waals surface area contributed by atoms with Crippen molar-refractivity contribution in [1.82, 2.24) is 10.2 Å². The molecule has 0 unspecified atom stereocenters. The van der Waals surface area contributed by atoms with Crippen LogP contribution < -0.4 is 5.32 Å². The van der Waals surface area contributed by atoms with Gasteiger partial charge < -0.3 is 10.2 Å². The maximum Gasteiger partial charge on any atom is 0.106 e. The van der Waals surface area contributed by atoms with Crippen LogP contribution in [-0.4, -0.2) is 50.9 Å². The molecule has 4 heteroatoms. The summed E-state index contributed by atoms with van der Waals surface area (Å²) in [6.07, 6.45) is 1.05. The fraction of sp³-hybridized carbons (Fsp3) is 0.875. The first-order chi connectivity index (χ1) is 5.86. The van der Waals surface area contributed by atoms with E-state index in [4.69, 9.17) is 4.84 Å². The maximum absolute atomic E-state index is 4.72. The molecule has 0 amide bonds. The Balaban J connectivity index is 2.21. The Morgan fingerprint density at radius 2 is 2.50 bits per heavy atom. The lowest BCUT2D eigenvalue weighted by Gasteiger charge is -2.12. The summed E-state index contributed by atoms with van der Waals surface area (Å²) >= 11 is 0. The van der Waals surface area contributed by atoms with Gasteiger partial charge in [-0.1, -0.05) is 5.16 Å². The van der Waals surface area contributed by atoms with Gasteiger partial charge in [-0.3, -0.25) is 4.90 Å². The Morgan fingerprint density at radius 1 is 1.67 bits per heavy atom. The summed E-state index contributed by atoms with van der Waals surface area (Å²) in [5.41, 5.74) is 1.16. The van der Waals surface area contributed by atoms with Crippen LogP contribution in [-0.2, 0) is 4.84 Å². The van der Waals surface area contributed by atoms with Crippen molar-refractivity contribution in [3.63, 3.8) is 0 Å². The Morgan fingerprint density at radius 3 is 3.17 bits per heavy atom. The van der Waals surface area contributed by atoms with Gasteiger partial charge in [0.25, 0.3) is 0 Å². The first kappa shape index (κ1) is 9.48. The highest BCUT2D eigenvalue weighted by Gasteiger charge is 2.17. The van der Waals surface area contributed by atoms with Crippen LogP contribution in [0.15, 0.2) is 5.16 Å². The molecule has 0 bridgehead atoms. The zero-order chi connectivity index (χ0) is 8.81. The van der Waals surface area contributed by atoms with E-state index in [1.807, 2.05) is 7.05 Å². The molecule has 70 valence electrons. The van der Waals surface area contributed by atoms with Crippen molar-refractivity contribution in [1.29, 1.82) is 0 Å². The largest absolute Gasteiger partial charge is 0.399 e. The fourth-order valence-electron chi connectivity index (χ4n) is 1.37. The van der Waals surface area contributed by atoms with Crippen molar-refractivity contribution < 1.29 is 4.84 Å². The van der Waals surface area contributed by atoms with E-state index in [9.17, 15) is 0 Å². The number of oxime groups is 1. The van der Waals surface area contributed by atoms with Gasteiger partial charge in [-0.25, -0.2) is 0 Å². The second-order valence-electron chi connectivity index (χ2n) is 2.97. The van der Waals surface area contributed by atoms with Crippen LogP contribution >= 0.6 is 0 Å². The Labute approximate surface area is 73.6 Å². The molecule has 0 aromatic carbocycles. The summed E-state index contributed by atoms with van der Waals surface area (Å²) in [6, 6.07) is 0. The van der Waals surface area contributed by atoms with Gasteiger partial charge in [-0.05, 0) is 7.05 Å². The minimum atomic E-state index is 0.968. The van der Waals surface area contributed by atoms with Crippen molar-refractivity contribution in [3.05, 3.63) is 0 Å². The van der Waals surface area contributed by atoms with E-state index in [1.54, 1.807) is 7.11 Å². The average molecular weight is 171 g/mol. The highest BCUT2D eigenvalue weighted by molar-refractivity contribution is 5.87. The van der Waals surface area contributed by atoms with E-state index in [2.05, 4.69) is 15.4 Å². The number of nitrogens with zero attached hydrogens (tertiary/aromatic N) is 2. The molecule has 1 fully saturated rings. The quantitative estimate of drug-likeness (QED) is 0.601. The summed E-state index contributed by atoms with van der Waals surface area (Å²) in [7, 11) is 3.57. The van der Waals surface area contributed by atoms with Crippen molar-refractivity contribution in [2.75, 3.05) is 40.3 Å². The van der Waals surface area contributed by atoms with Crippen LogP contribution in [0.2, 0.25) is 0 Å². The Kier molecular flexibility index (Phi) is 4.04. The van der Waals surface area contributed by atoms with E-state index in [1.165, 1.54) is 0 Å². The number of likely N-dealkylation sites (tertiary alicyclic amines) is 1. The molecule has 1 heterocycles. The summed E-state index contributed by atoms with van der Waals surface area (Å²) in [6.45, 7) is 4.22. The van der Waals surface area contributed by atoms with Crippen LogP contribution in [0.25, 0.3) is 0 Å².